The lowest BCUT2D eigenvalue weighted by atomic mass is 10.0. The first-order valence-corrected chi connectivity index (χ1v) is 8.14. The summed E-state index contributed by atoms with van der Waals surface area (Å²) < 4.78 is 13.5. The predicted molar refractivity (Wildman–Crippen MR) is 97.7 cm³/mol. The fraction of sp³-hybridized carbons (Fsp3) is 0.333. The van der Waals surface area contributed by atoms with Gasteiger partial charge in [-0.15, -0.1) is 12.4 Å². The highest BCUT2D eigenvalue weighted by Gasteiger charge is 2.28. The summed E-state index contributed by atoms with van der Waals surface area (Å²) in [7, 11) is 1.77. The molecule has 25 heavy (non-hydrogen) atoms. The Bertz CT molecular complexity index is 802. The van der Waals surface area contributed by atoms with E-state index in [0.717, 1.165) is 36.6 Å². The molecule has 0 bridgehead atoms. The van der Waals surface area contributed by atoms with Crippen molar-refractivity contribution >= 4 is 12.4 Å². The van der Waals surface area contributed by atoms with Crippen LogP contribution >= 0.6 is 12.4 Å². The van der Waals surface area contributed by atoms with Gasteiger partial charge in [0.25, 0.3) is 0 Å². The van der Waals surface area contributed by atoms with Crippen LogP contribution in [0.1, 0.15) is 12.5 Å². The van der Waals surface area contributed by atoms with Gasteiger partial charge in [0.1, 0.15) is 12.0 Å². The summed E-state index contributed by atoms with van der Waals surface area (Å²) in [5, 5.41) is 3.42. The fourth-order valence-corrected chi connectivity index (χ4v) is 3.24. The zero-order chi connectivity index (χ0) is 16.4. The van der Waals surface area contributed by atoms with E-state index in [4.69, 9.17) is 9.15 Å². The molecule has 1 N–H and O–H groups in total. The number of oxazole rings is 1. The maximum absolute atomic E-state index is 5.66. The lowest BCUT2D eigenvalue weighted by molar-refractivity contribution is 0.0365. The molecule has 132 valence electrons. The number of hydrogen-bond donors (Lipinski definition) is 1. The second-order valence-corrected chi connectivity index (χ2v) is 5.90. The Morgan fingerprint density at radius 1 is 1.28 bits per heavy atom. The second kappa shape index (κ2) is 7.82. The van der Waals surface area contributed by atoms with E-state index in [9.17, 15) is 0 Å². The Balaban J connectivity index is 0.00000182. The number of halogens is 1. The van der Waals surface area contributed by atoms with E-state index in [0.29, 0.717) is 5.89 Å². The number of aromatic nitrogens is 3. The van der Waals surface area contributed by atoms with Crippen LogP contribution in [-0.4, -0.2) is 40.8 Å². The van der Waals surface area contributed by atoms with Crippen LogP contribution in [0.2, 0.25) is 0 Å². The summed E-state index contributed by atoms with van der Waals surface area (Å²) in [6.07, 6.45) is 6.59. The highest BCUT2D eigenvalue weighted by atomic mass is 35.5. The predicted octanol–water partition coefficient (Wildman–Crippen LogP) is 3.18. The first-order valence-electron chi connectivity index (χ1n) is 8.14. The molecule has 1 aliphatic heterocycles. The van der Waals surface area contributed by atoms with Crippen LogP contribution < -0.4 is 5.32 Å². The molecule has 0 saturated carbocycles. The molecule has 2 aromatic heterocycles. The minimum atomic E-state index is 0. The molecule has 0 spiro atoms. The van der Waals surface area contributed by atoms with Gasteiger partial charge in [0.05, 0.1) is 12.1 Å². The van der Waals surface area contributed by atoms with Gasteiger partial charge in [-0.2, -0.15) is 0 Å². The van der Waals surface area contributed by atoms with Crippen molar-refractivity contribution in [3.63, 3.8) is 0 Å². The lowest BCUT2D eigenvalue weighted by Crippen LogP contribution is -2.42. The quantitative estimate of drug-likeness (QED) is 0.774. The minimum Gasteiger partial charge on any atom is -0.444 e. The van der Waals surface area contributed by atoms with Crippen molar-refractivity contribution in [1.82, 2.24) is 19.9 Å². The van der Waals surface area contributed by atoms with Gasteiger partial charge in [-0.25, -0.2) is 9.97 Å². The van der Waals surface area contributed by atoms with Crippen LogP contribution in [0.4, 0.5) is 0 Å². The lowest BCUT2D eigenvalue weighted by Gasteiger charge is -2.32. The van der Waals surface area contributed by atoms with Gasteiger partial charge >= 0.3 is 0 Å². The van der Waals surface area contributed by atoms with Crippen molar-refractivity contribution < 1.29 is 9.15 Å². The molecule has 7 heteroatoms. The van der Waals surface area contributed by atoms with Crippen molar-refractivity contribution in [3.8, 4) is 23.0 Å². The van der Waals surface area contributed by atoms with Crippen LogP contribution in [0.25, 0.3) is 23.0 Å². The zero-order valence-electron chi connectivity index (χ0n) is 14.0. The Morgan fingerprint density at radius 3 is 2.92 bits per heavy atom. The van der Waals surface area contributed by atoms with E-state index in [1.807, 2.05) is 36.5 Å². The largest absolute Gasteiger partial charge is 0.444 e. The average Bonchev–Trinajstić information content (AvgIpc) is 3.31. The Morgan fingerprint density at radius 2 is 2.12 bits per heavy atom. The monoisotopic (exact) mass is 360 g/mol. The molecule has 6 nitrogen and oxygen atoms in total. The zero-order valence-corrected chi connectivity index (χ0v) is 14.8. The van der Waals surface area contributed by atoms with Gasteiger partial charge in [-0.1, -0.05) is 18.2 Å². The normalized spacial score (nSPS) is 20.2. The Kier molecular flexibility index (Phi) is 5.53. The summed E-state index contributed by atoms with van der Waals surface area (Å²) >= 11 is 0. The van der Waals surface area contributed by atoms with E-state index >= 15 is 0 Å². The number of ether oxygens (including phenoxy) is 1. The number of imidazole rings is 1. The molecule has 0 amide bonds. The van der Waals surface area contributed by atoms with Crippen LogP contribution in [0.3, 0.4) is 0 Å². The number of methoxy groups -OCH3 is 1. The molecule has 2 atom stereocenters. The second-order valence-electron chi connectivity index (χ2n) is 5.90. The van der Waals surface area contributed by atoms with E-state index in [1.165, 1.54) is 0 Å². The third kappa shape index (κ3) is 3.46. The van der Waals surface area contributed by atoms with Gasteiger partial charge in [0, 0.05) is 31.6 Å². The molecule has 1 fully saturated rings. The van der Waals surface area contributed by atoms with E-state index in [-0.39, 0.29) is 24.6 Å². The van der Waals surface area contributed by atoms with Crippen LogP contribution in [0.5, 0.6) is 0 Å². The van der Waals surface area contributed by atoms with Crippen molar-refractivity contribution in [1.29, 1.82) is 0 Å². The molecule has 1 aromatic carbocycles. The van der Waals surface area contributed by atoms with E-state index < -0.39 is 0 Å². The third-order valence-corrected chi connectivity index (χ3v) is 4.47. The number of rotatable bonds is 4. The number of nitrogens with one attached hydrogen (secondary N) is 1. The highest BCUT2D eigenvalue weighted by molar-refractivity contribution is 5.85. The smallest absolute Gasteiger partial charge is 0.226 e. The number of benzene rings is 1. The van der Waals surface area contributed by atoms with Gasteiger partial charge in [0.15, 0.2) is 5.82 Å². The number of piperidine rings is 1. The SMILES string of the molecule is CO[C@H]1CCNC[C@H]1n1ccnc1-c1coc(-c2ccccc2)n1.Cl. The van der Waals surface area contributed by atoms with Crippen molar-refractivity contribution in [2.24, 2.45) is 0 Å². The summed E-state index contributed by atoms with van der Waals surface area (Å²) in [5.74, 6) is 1.40. The Labute approximate surface area is 152 Å². The first-order chi connectivity index (χ1) is 11.9. The summed E-state index contributed by atoms with van der Waals surface area (Å²) in [6.45, 7) is 1.83. The van der Waals surface area contributed by atoms with Gasteiger partial charge < -0.3 is 19.0 Å². The molecule has 4 rings (SSSR count). The highest BCUT2D eigenvalue weighted by Crippen LogP contribution is 2.28. The van der Waals surface area contributed by atoms with Crippen molar-refractivity contribution in [2.75, 3.05) is 20.2 Å². The number of hydrogen-bond acceptors (Lipinski definition) is 5. The maximum atomic E-state index is 5.66. The fourth-order valence-electron chi connectivity index (χ4n) is 3.24. The molecular weight excluding hydrogens is 340 g/mol. The average molecular weight is 361 g/mol. The Hall–Kier alpha value is -2.15. The molecule has 1 aliphatic rings. The maximum Gasteiger partial charge on any atom is 0.226 e. The molecule has 1 saturated heterocycles. The molecule has 0 aliphatic carbocycles. The van der Waals surface area contributed by atoms with Crippen LogP contribution in [0.15, 0.2) is 53.4 Å². The van der Waals surface area contributed by atoms with Crippen molar-refractivity contribution in [2.45, 2.75) is 18.6 Å². The molecule has 0 unspecified atom stereocenters. The molecule has 0 radical (unpaired) electrons. The van der Waals surface area contributed by atoms with Crippen LogP contribution in [-0.2, 0) is 4.74 Å². The van der Waals surface area contributed by atoms with Crippen LogP contribution in [0, 0.1) is 0 Å². The number of nitrogens with zero attached hydrogens (tertiary/aromatic N) is 3. The van der Waals surface area contributed by atoms with Gasteiger partial charge in [-0.3, -0.25) is 0 Å². The van der Waals surface area contributed by atoms with Gasteiger partial charge in [-0.05, 0) is 25.1 Å². The summed E-state index contributed by atoms with van der Waals surface area (Å²) in [5.41, 5.74) is 1.69. The first kappa shape index (κ1) is 17.7. The minimum absolute atomic E-state index is 0. The third-order valence-electron chi connectivity index (χ3n) is 4.47. The topological polar surface area (TPSA) is 65.1 Å². The van der Waals surface area contributed by atoms with E-state index in [2.05, 4.69) is 19.9 Å². The molecule has 3 aromatic rings. The standard InChI is InChI=1S/C18H20N4O2.ClH/c1-23-16-7-8-19-11-15(16)22-10-9-20-17(22)14-12-24-18(21-14)13-5-3-2-4-6-13;/h2-6,9-10,12,15-16,19H,7-8,11H2,1H3;1H/t15-,16+;/m1./s1. The van der Waals surface area contributed by atoms with Gasteiger partial charge in [0.2, 0.25) is 5.89 Å². The van der Waals surface area contributed by atoms with Crippen molar-refractivity contribution in [3.05, 3.63) is 49.0 Å². The summed E-state index contributed by atoms with van der Waals surface area (Å²) in [4.78, 5) is 9.11. The molecular formula is C18H21ClN4O2. The van der Waals surface area contributed by atoms with E-state index in [1.54, 1.807) is 19.6 Å². The summed E-state index contributed by atoms with van der Waals surface area (Å²) in [6, 6.07) is 10.1. The molecule has 3 heterocycles.